The van der Waals surface area contributed by atoms with Crippen molar-refractivity contribution in [3.05, 3.63) is 22.5 Å². The van der Waals surface area contributed by atoms with Crippen LogP contribution < -0.4 is 5.73 Å². The number of nitrogens with two attached hydrogens (primary N) is 1. The molecule has 1 aliphatic rings. The van der Waals surface area contributed by atoms with Crippen molar-refractivity contribution in [1.82, 2.24) is 9.78 Å². The molecule has 2 rings (SSSR count). The van der Waals surface area contributed by atoms with Gasteiger partial charge in [-0.15, -0.1) is 0 Å². The van der Waals surface area contributed by atoms with Crippen LogP contribution in [0.5, 0.6) is 0 Å². The lowest BCUT2D eigenvalue weighted by Gasteiger charge is -2.27. The minimum atomic E-state index is -0.408. The Morgan fingerprint density at radius 2 is 2.19 bits per heavy atom. The van der Waals surface area contributed by atoms with Gasteiger partial charge >= 0.3 is 5.69 Å². The van der Waals surface area contributed by atoms with Crippen LogP contribution >= 0.6 is 0 Å². The minimum Gasteiger partial charge on any atom is -0.330 e. The second-order valence-electron chi connectivity index (χ2n) is 4.35. The van der Waals surface area contributed by atoms with Gasteiger partial charge in [0.2, 0.25) is 0 Å². The van der Waals surface area contributed by atoms with Crippen LogP contribution in [0.1, 0.15) is 31.7 Å². The zero-order chi connectivity index (χ0) is 11.5. The van der Waals surface area contributed by atoms with Crippen molar-refractivity contribution in [2.24, 2.45) is 11.7 Å². The van der Waals surface area contributed by atoms with E-state index < -0.39 is 4.92 Å². The molecule has 1 aromatic rings. The Hall–Kier alpha value is -1.43. The van der Waals surface area contributed by atoms with E-state index in [1.807, 2.05) is 0 Å². The van der Waals surface area contributed by atoms with Crippen molar-refractivity contribution in [3.63, 3.8) is 0 Å². The molecule has 6 nitrogen and oxygen atoms in total. The summed E-state index contributed by atoms with van der Waals surface area (Å²) in [6, 6.07) is 0.302. The van der Waals surface area contributed by atoms with Gasteiger partial charge in [-0.05, 0) is 38.1 Å². The second kappa shape index (κ2) is 4.61. The molecule has 0 unspecified atom stereocenters. The fourth-order valence-electron chi connectivity index (χ4n) is 2.27. The lowest BCUT2D eigenvalue weighted by Crippen LogP contribution is -2.23. The summed E-state index contributed by atoms with van der Waals surface area (Å²) >= 11 is 0. The van der Waals surface area contributed by atoms with Crippen LogP contribution in [0.3, 0.4) is 0 Å². The van der Waals surface area contributed by atoms with Gasteiger partial charge in [-0.1, -0.05) is 0 Å². The molecule has 0 amide bonds. The maximum Gasteiger partial charge on any atom is 0.307 e. The quantitative estimate of drug-likeness (QED) is 0.622. The van der Waals surface area contributed by atoms with Gasteiger partial charge in [-0.2, -0.15) is 5.10 Å². The highest BCUT2D eigenvalue weighted by Gasteiger charge is 2.23. The first kappa shape index (κ1) is 11.1. The summed E-state index contributed by atoms with van der Waals surface area (Å²) in [5.74, 6) is 0.613. The predicted octanol–water partition coefficient (Wildman–Crippen LogP) is 1.48. The van der Waals surface area contributed by atoms with Crippen LogP contribution in [-0.2, 0) is 0 Å². The van der Waals surface area contributed by atoms with E-state index in [0.29, 0.717) is 12.0 Å². The third kappa shape index (κ3) is 2.21. The van der Waals surface area contributed by atoms with Gasteiger partial charge in [0.15, 0.2) is 0 Å². The van der Waals surface area contributed by atoms with Crippen LogP contribution in [0.4, 0.5) is 5.69 Å². The number of nitro groups is 1. The molecule has 1 aromatic heterocycles. The van der Waals surface area contributed by atoms with Crippen LogP contribution in [0.25, 0.3) is 0 Å². The highest BCUT2D eigenvalue weighted by Crippen LogP contribution is 2.31. The van der Waals surface area contributed by atoms with Gasteiger partial charge in [0.1, 0.15) is 12.4 Å². The Morgan fingerprint density at radius 1 is 1.50 bits per heavy atom. The van der Waals surface area contributed by atoms with Gasteiger partial charge in [0.05, 0.1) is 11.0 Å². The van der Waals surface area contributed by atoms with E-state index in [2.05, 4.69) is 5.10 Å². The molecule has 0 saturated heterocycles. The molecule has 1 aliphatic carbocycles. The van der Waals surface area contributed by atoms with Gasteiger partial charge in [0, 0.05) is 0 Å². The van der Waals surface area contributed by atoms with Crippen LogP contribution in [0, 0.1) is 16.0 Å². The third-order valence-corrected chi connectivity index (χ3v) is 3.32. The van der Waals surface area contributed by atoms with E-state index in [1.165, 1.54) is 12.4 Å². The molecule has 6 heteroatoms. The number of rotatable bonds is 3. The number of hydrogen-bond donors (Lipinski definition) is 1. The third-order valence-electron chi connectivity index (χ3n) is 3.32. The summed E-state index contributed by atoms with van der Waals surface area (Å²) in [6.07, 6.45) is 7.05. The molecule has 1 fully saturated rings. The highest BCUT2D eigenvalue weighted by atomic mass is 16.6. The molecule has 0 spiro atoms. The van der Waals surface area contributed by atoms with Crippen molar-refractivity contribution < 1.29 is 4.92 Å². The van der Waals surface area contributed by atoms with Gasteiger partial charge in [-0.25, -0.2) is 0 Å². The molecule has 0 bridgehead atoms. The van der Waals surface area contributed by atoms with Gasteiger partial charge in [-0.3, -0.25) is 14.8 Å². The fourth-order valence-corrected chi connectivity index (χ4v) is 2.27. The maximum absolute atomic E-state index is 10.5. The first-order valence-electron chi connectivity index (χ1n) is 5.59. The largest absolute Gasteiger partial charge is 0.330 e. The Morgan fingerprint density at radius 3 is 2.69 bits per heavy atom. The van der Waals surface area contributed by atoms with Gasteiger partial charge in [0.25, 0.3) is 0 Å². The van der Waals surface area contributed by atoms with E-state index in [9.17, 15) is 10.1 Å². The van der Waals surface area contributed by atoms with Crippen molar-refractivity contribution in [1.29, 1.82) is 0 Å². The van der Waals surface area contributed by atoms with Crippen molar-refractivity contribution in [2.45, 2.75) is 31.7 Å². The number of nitrogens with zero attached hydrogens (tertiary/aromatic N) is 3. The minimum absolute atomic E-state index is 0.0703. The Bertz CT molecular complexity index is 369. The molecule has 16 heavy (non-hydrogen) atoms. The highest BCUT2D eigenvalue weighted by molar-refractivity contribution is 5.21. The first-order valence-corrected chi connectivity index (χ1v) is 5.59. The van der Waals surface area contributed by atoms with Crippen LogP contribution in [0.15, 0.2) is 12.4 Å². The van der Waals surface area contributed by atoms with E-state index in [4.69, 9.17) is 5.73 Å². The molecule has 88 valence electrons. The summed E-state index contributed by atoms with van der Waals surface area (Å²) in [4.78, 5) is 10.1. The van der Waals surface area contributed by atoms with Crippen molar-refractivity contribution >= 4 is 5.69 Å². The average molecular weight is 224 g/mol. The van der Waals surface area contributed by atoms with E-state index in [0.717, 1.165) is 32.2 Å². The molecule has 0 aromatic carbocycles. The molecular weight excluding hydrogens is 208 g/mol. The molecule has 0 radical (unpaired) electrons. The lowest BCUT2D eigenvalue weighted by molar-refractivity contribution is -0.385. The monoisotopic (exact) mass is 224 g/mol. The lowest BCUT2D eigenvalue weighted by atomic mass is 9.86. The first-order chi connectivity index (χ1) is 7.70. The van der Waals surface area contributed by atoms with E-state index >= 15 is 0 Å². The summed E-state index contributed by atoms with van der Waals surface area (Å²) in [7, 11) is 0. The molecule has 2 N–H and O–H groups in total. The number of aromatic nitrogens is 2. The Balaban J connectivity index is 2.00. The number of hydrogen-bond acceptors (Lipinski definition) is 4. The van der Waals surface area contributed by atoms with Crippen molar-refractivity contribution in [3.8, 4) is 0 Å². The van der Waals surface area contributed by atoms with Crippen LogP contribution in [-0.4, -0.2) is 21.2 Å². The maximum atomic E-state index is 10.5. The smallest absolute Gasteiger partial charge is 0.307 e. The molecular formula is C10H16N4O2. The standard InChI is InChI=1S/C10H16N4O2/c11-5-8-1-3-9(4-2-8)13-7-10(6-12-13)14(15)16/h6-9H,1-5,11H2. The topological polar surface area (TPSA) is 87.0 Å². The molecule has 1 saturated carbocycles. The fraction of sp³-hybridized carbons (Fsp3) is 0.700. The zero-order valence-corrected chi connectivity index (χ0v) is 9.08. The normalized spacial score (nSPS) is 25.6. The summed E-state index contributed by atoms with van der Waals surface area (Å²) in [5, 5.41) is 14.6. The average Bonchev–Trinajstić information content (AvgIpc) is 2.78. The van der Waals surface area contributed by atoms with E-state index in [1.54, 1.807) is 4.68 Å². The molecule has 0 atom stereocenters. The Labute approximate surface area is 93.6 Å². The predicted molar refractivity (Wildman–Crippen MR) is 58.9 cm³/mol. The second-order valence-corrected chi connectivity index (χ2v) is 4.35. The summed E-state index contributed by atoms with van der Waals surface area (Å²) in [6.45, 7) is 0.742. The van der Waals surface area contributed by atoms with E-state index in [-0.39, 0.29) is 5.69 Å². The summed E-state index contributed by atoms with van der Waals surface area (Å²) in [5.41, 5.74) is 5.69. The SMILES string of the molecule is NCC1CCC(n2cc([N+](=O)[O-])cn2)CC1. The van der Waals surface area contributed by atoms with Gasteiger partial charge < -0.3 is 5.73 Å². The van der Waals surface area contributed by atoms with Crippen LogP contribution in [0.2, 0.25) is 0 Å². The molecule has 1 heterocycles. The Kier molecular flexibility index (Phi) is 3.19. The molecule has 0 aliphatic heterocycles. The zero-order valence-electron chi connectivity index (χ0n) is 9.08. The van der Waals surface area contributed by atoms with Crippen molar-refractivity contribution in [2.75, 3.05) is 6.54 Å². The summed E-state index contributed by atoms with van der Waals surface area (Å²) < 4.78 is 1.73.